The summed E-state index contributed by atoms with van der Waals surface area (Å²) in [5, 5.41) is 11.7. The molecule has 2 aromatic heterocycles. The zero-order valence-corrected chi connectivity index (χ0v) is 13.5. The first-order valence-corrected chi connectivity index (χ1v) is 8.53. The van der Waals surface area contributed by atoms with Gasteiger partial charge < -0.3 is 15.5 Å². The molecular weight excluding hydrogens is 326 g/mol. The predicted octanol–water partition coefficient (Wildman–Crippen LogP) is 2.75. The molecule has 1 aliphatic carbocycles. The summed E-state index contributed by atoms with van der Waals surface area (Å²) in [7, 11) is 0. The van der Waals surface area contributed by atoms with Crippen molar-refractivity contribution in [3.05, 3.63) is 42.0 Å². The van der Waals surface area contributed by atoms with Crippen LogP contribution in [-0.4, -0.2) is 25.1 Å². The van der Waals surface area contributed by atoms with Crippen LogP contribution < -0.4 is 11.1 Å². The van der Waals surface area contributed by atoms with Gasteiger partial charge in [0.25, 0.3) is 5.22 Å². The maximum Gasteiger partial charge on any atom is 0.277 e. The Morgan fingerprint density at radius 2 is 1.96 bits per heavy atom. The average molecular weight is 341 g/mol. The Bertz CT molecular complexity index is 835. The molecule has 2 heterocycles. The topological polar surface area (TPSA) is 116 Å². The molecule has 0 unspecified atom stereocenters. The molecule has 4 rings (SSSR count). The fraction of sp³-hybridized carbons (Fsp3) is 0.267. The van der Waals surface area contributed by atoms with Crippen molar-refractivity contribution in [3.63, 3.8) is 0 Å². The zero-order chi connectivity index (χ0) is 16.4. The summed E-state index contributed by atoms with van der Waals surface area (Å²) in [6.07, 6.45) is 2.26. The maximum absolute atomic E-state index is 5.77. The summed E-state index contributed by atoms with van der Waals surface area (Å²) in [6, 6.07) is 9.64. The highest BCUT2D eigenvalue weighted by molar-refractivity contribution is 7.98. The smallest absolute Gasteiger partial charge is 0.277 e. The second-order valence-electron chi connectivity index (χ2n) is 5.39. The largest absolute Gasteiger partial charge is 0.416 e. The van der Waals surface area contributed by atoms with Crippen molar-refractivity contribution in [2.75, 3.05) is 11.1 Å². The van der Waals surface area contributed by atoms with Crippen LogP contribution in [0.3, 0.4) is 0 Å². The van der Waals surface area contributed by atoms with Gasteiger partial charge in [-0.15, -0.1) is 10.2 Å². The van der Waals surface area contributed by atoms with Gasteiger partial charge in [-0.05, 0) is 25.0 Å². The van der Waals surface area contributed by atoms with Crippen LogP contribution in [0.5, 0.6) is 0 Å². The first kappa shape index (κ1) is 14.9. The lowest BCUT2D eigenvalue weighted by molar-refractivity contribution is 0.414. The van der Waals surface area contributed by atoms with Crippen molar-refractivity contribution < 1.29 is 4.42 Å². The minimum atomic E-state index is 0.170. The number of nitrogens with two attached hydrogens (primary N) is 1. The van der Waals surface area contributed by atoms with Crippen LogP contribution >= 0.6 is 11.8 Å². The highest BCUT2D eigenvalue weighted by Gasteiger charge is 2.29. The van der Waals surface area contributed by atoms with Gasteiger partial charge in [0.2, 0.25) is 17.8 Å². The van der Waals surface area contributed by atoms with Gasteiger partial charge in [-0.25, -0.2) is 0 Å². The van der Waals surface area contributed by atoms with Crippen LogP contribution in [0.1, 0.15) is 30.5 Å². The molecule has 1 aromatic carbocycles. The van der Waals surface area contributed by atoms with E-state index in [0.29, 0.717) is 28.7 Å². The summed E-state index contributed by atoms with van der Waals surface area (Å²) in [6.45, 7) is 0. The van der Waals surface area contributed by atoms with Gasteiger partial charge in [-0.2, -0.15) is 15.0 Å². The zero-order valence-electron chi connectivity index (χ0n) is 12.7. The van der Waals surface area contributed by atoms with Crippen molar-refractivity contribution >= 4 is 29.3 Å². The lowest BCUT2D eigenvalue weighted by atomic mass is 10.3. The van der Waals surface area contributed by atoms with E-state index in [4.69, 9.17) is 10.2 Å². The molecule has 24 heavy (non-hydrogen) atoms. The Balaban J connectivity index is 1.44. The summed E-state index contributed by atoms with van der Waals surface area (Å²) < 4.78 is 5.61. The van der Waals surface area contributed by atoms with Crippen LogP contribution in [-0.2, 0) is 5.75 Å². The molecule has 0 saturated heterocycles. The van der Waals surface area contributed by atoms with E-state index in [1.807, 2.05) is 30.3 Å². The molecule has 0 amide bonds. The Morgan fingerprint density at radius 1 is 1.12 bits per heavy atom. The Morgan fingerprint density at radius 3 is 2.75 bits per heavy atom. The lowest BCUT2D eigenvalue weighted by Crippen LogP contribution is -2.06. The third-order valence-corrected chi connectivity index (χ3v) is 4.22. The van der Waals surface area contributed by atoms with Gasteiger partial charge in [0.15, 0.2) is 0 Å². The number of rotatable bonds is 6. The first-order chi connectivity index (χ1) is 11.8. The fourth-order valence-electron chi connectivity index (χ4n) is 2.11. The van der Waals surface area contributed by atoms with E-state index in [-0.39, 0.29) is 5.95 Å². The number of nitrogen functional groups attached to an aromatic ring is 1. The Kier molecular flexibility index (Phi) is 3.99. The Labute approximate surface area is 142 Å². The van der Waals surface area contributed by atoms with Crippen molar-refractivity contribution in [1.82, 2.24) is 25.1 Å². The third kappa shape index (κ3) is 3.62. The van der Waals surface area contributed by atoms with Gasteiger partial charge in [0.1, 0.15) is 5.82 Å². The number of hydrogen-bond donors (Lipinski definition) is 2. The number of para-hydroxylation sites is 1. The van der Waals surface area contributed by atoms with E-state index in [1.165, 1.54) is 11.8 Å². The van der Waals surface area contributed by atoms with Gasteiger partial charge in [-0.3, -0.25) is 0 Å². The molecule has 1 saturated carbocycles. The van der Waals surface area contributed by atoms with Crippen LogP contribution in [0.2, 0.25) is 0 Å². The second-order valence-corrected chi connectivity index (χ2v) is 6.32. The molecule has 0 aliphatic heterocycles. The molecule has 1 fully saturated rings. The SMILES string of the molecule is Nc1nc(CSc2nnc(C3CC3)o2)nc(Nc2ccccc2)n1. The number of thioether (sulfide) groups is 1. The minimum Gasteiger partial charge on any atom is -0.416 e. The highest BCUT2D eigenvalue weighted by Crippen LogP contribution is 2.40. The lowest BCUT2D eigenvalue weighted by Gasteiger charge is -2.06. The van der Waals surface area contributed by atoms with Gasteiger partial charge in [0.05, 0.1) is 5.75 Å². The first-order valence-electron chi connectivity index (χ1n) is 7.55. The third-order valence-electron chi connectivity index (χ3n) is 3.40. The van der Waals surface area contributed by atoms with E-state index in [1.54, 1.807) is 0 Å². The molecule has 122 valence electrons. The number of hydrogen-bond acceptors (Lipinski definition) is 9. The fourth-order valence-corrected chi connectivity index (χ4v) is 2.73. The molecule has 8 nitrogen and oxygen atoms in total. The summed E-state index contributed by atoms with van der Waals surface area (Å²) in [5.74, 6) is 2.77. The standard InChI is InChI=1S/C15H15N7OS/c16-13-18-11(8-24-15-22-21-12(23-15)9-6-7-9)19-14(20-13)17-10-4-2-1-3-5-10/h1-5,9H,6-8H2,(H3,16,17,18,19,20). The number of nitrogens with zero attached hydrogens (tertiary/aromatic N) is 5. The van der Waals surface area contributed by atoms with E-state index < -0.39 is 0 Å². The van der Waals surface area contributed by atoms with Gasteiger partial charge >= 0.3 is 0 Å². The van der Waals surface area contributed by atoms with E-state index in [0.717, 1.165) is 24.4 Å². The molecular formula is C15H15N7OS. The second kappa shape index (κ2) is 6.44. The highest BCUT2D eigenvalue weighted by atomic mass is 32.2. The van der Waals surface area contributed by atoms with Gasteiger partial charge in [-0.1, -0.05) is 30.0 Å². The monoisotopic (exact) mass is 341 g/mol. The number of anilines is 3. The van der Waals surface area contributed by atoms with Crippen LogP contribution in [0.15, 0.2) is 40.0 Å². The molecule has 3 N–H and O–H groups in total. The molecule has 0 spiro atoms. The molecule has 0 atom stereocenters. The molecule has 0 bridgehead atoms. The summed E-state index contributed by atoms with van der Waals surface area (Å²) >= 11 is 1.39. The van der Waals surface area contributed by atoms with E-state index in [9.17, 15) is 0 Å². The van der Waals surface area contributed by atoms with Crippen LogP contribution in [0.25, 0.3) is 0 Å². The normalized spacial score (nSPS) is 13.8. The molecule has 1 aliphatic rings. The molecule has 9 heteroatoms. The maximum atomic E-state index is 5.77. The van der Waals surface area contributed by atoms with E-state index >= 15 is 0 Å². The minimum absolute atomic E-state index is 0.170. The van der Waals surface area contributed by atoms with E-state index in [2.05, 4.69) is 30.5 Å². The predicted molar refractivity (Wildman–Crippen MR) is 89.8 cm³/mol. The van der Waals surface area contributed by atoms with Crippen molar-refractivity contribution in [2.24, 2.45) is 0 Å². The van der Waals surface area contributed by atoms with Crippen molar-refractivity contribution in [3.8, 4) is 0 Å². The summed E-state index contributed by atoms with van der Waals surface area (Å²) in [4.78, 5) is 12.6. The Hall–Kier alpha value is -2.68. The molecule has 0 radical (unpaired) electrons. The van der Waals surface area contributed by atoms with Crippen molar-refractivity contribution in [1.29, 1.82) is 0 Å². The number of benzene rings is 1. The summed E-state index contributed by atoms with van der Waals surface area (Å²) in [5.41, 5.74) is 6.65. The average Bonchev–Trinajstić information content (AvgIpc) is 3.32. The molecule has 3 aromatic rings. The van der Waals surface area contributed by atoms with Crippen LogP contribution in [0.4, 0.5) is 17.6 Å². The number of aromatic nitrogens is 5. The van der Waals surface area contributed by atoms with Gasteiger partial charge in [0, 0.05) is 11.6 Å². The quantitative estimate of drug-likeness (QED) is 0.653. The van der Waals surface area contributed by atoms with Crippen molar-refractivity contribution in [2.45, 2.75) is 29.7 Å². The van der Waals surface area contributed by atoms with Crippen LogP contribution in [0, 0.1) is 0 Å². The number of nitrogens with one attached hydrogen (secondary N) is 1.